The van der Waals surface area contributed by atoms with Crippen molar-refractivity contribution in [3.63, 3.8) is 0 Å². The fourth-order valence-electron chi connectivity index (χ4n) is 2.13. The summed E-state index contributed by atoms with van der Waals surface area (Å²) in [5.74, 6) is 0.625. The zero-order valence-corrected chi connectivity index (χ0v) is 13.1. The Morgan fingerprint density at radius 3 is 2.11 bits per heavy atom. The predicted molar refractivity (Wildman–Crippen MR) is 78.5 cm³/mol. The number of aryl methyl sites for hydroxylation is 1. The molecule has 1 fully saturated rings. The van der Waals surface area contributed by atoms with Gasteiger partial charge in [0.1, 0.15) is 5.75 Å². The molecule has 0 N–H and O–H groups in total. The first kappa shape index (κ1) is 14.7. The molecule has 0 bridgehead atoms. The maximum absolute atomic E-state index is 6.19. The Hall–Kier alpha value is -0.705. The second-order valence-corrected chi connectivity index (χ2v) is 6.31. The van der Waals surface area contributed by atoms with Crippen LogP contribution in [0.1, 0.15) is 33.3 Å². The molecule has 0 amide bonds. The van der Waals surface area contributed by atoms with Crippen LogP contribution in [0.4, 0.5) is 0 Å². The Bertz CT molecular complexity index is 484. The summed E-state index contributed by atoms with van der Waals surface area (Å²) in [6.45, 7) is 10.1. The number of rotatable bonds is 2. The van der Waals surface area contributed by atoms with Gasteiger partial charge in [0, 0.05) is 5.46 Å². The smallest absolute Gasteiger partial charge is 0.496 e. The maximum Gasteiger partial charge on any atom is 0.498 e. The quantitative estimate of drug-likeness (QED) is 0.781. The largest absolute Gasteiger partial charge is 0.498 e. The Labute approximate surface area is 120 Å². The van der Waals surface area contributed by atoms with Crippen LogP contribution in [0.5, 0.6) is 5.75 Å². The molecule has 0 unspecified atom stereocenters. The molecule has 1 aromatic rings. The van der Waals surface area contributed by atoms with E-state index in [2.05, 4.69) is 0 Å². The predicted octanol–water partition coefficient (Wildman–Crippen LogP) is 2.96. The first-order chi connectivity index (χ1) is 8.69. The molecule has 104 valence electrons. The molecule has 1 aromatic carbocycles. The molecule has 1 saturated heterocycles. The number of halogens is 1. The number of hydrogen-bond donors (Lipinski definition) is 0. The molecular weight excluding hydrogens is 262 g/mol. The van der Waals surface area contributed by atoms with Crippen LogP contribution in [0.2, 0.25) is 5.02 Å². The maximum atomic E-state index is 6.19. The minimum Gasteiger partial charge on any atom is -0.496 e. The van der Waals surface area contributed by atoms with Crippen molar-refractivity contribution in [2.45, 2.75) is 45.8 Å². The highest BCUT2D eigenvalue weighted by Crippen LogP contribution is 2.38. The highest BCUT2D eigenvalue weighted by molar-refractivity contribution is 6.64. The molecule has 5 heteroatoms. The summed E-state index contributed by atoms with van der Waals surface area (Å²) in [5, 5.41) is 0.567. The number of methoxy groups -OCH3 is 1. The van der Waals surface area contributed by atoms with Crippen molar-refractivity contribution in [2.75, 3.05) is 7.11 Å². The van der Waals surface area contributed by atoms with Gasteiger partial charge in [-0.2, -0.15) is 0 Å². The Morgan fingerprint density at radius 2 is 1.63 bits per heavy atom. The van der Waals surface area contributed by atoms with Gasteiger partial charge in [-0.3, -0.25) is 0 Å². The van der Waals surface area contributed by atoms with Crippen molar-refractivity contribution in [1.82, 2.24) is 0 Å². The van der Waals surface area contributed by atoms with Gasteiger partial charge in [-0.1, -0.05) is 17.7 Å². The molecule has 1 aliphatic rings. The minimum atomic E-state index is -0.460. The van der Waals surface area contributed by atoms with E-state index in [1.54, 1.807) is 7.11 Å². The van der Waals surface area contributed by atoms with Crippen LogP contribution in [0.15, 0.2) is 12.1 Å². The third-order valence-electron chi connectivity index (χ3n) is 4.06. The monoisotopic (exact) mass is 282 g/mol. The van der Waals surface area contributed by atoms with Gasteiger partial charge in [-0.25, -0.2) is 0 Å². The molecule has 3 nitrogen and oxygen atoms in total. The fourth-order valence-corrected chi connectivity index (χ4v) is 2.37. The standard InChI is InChI=1S/C14H20BClO3/c1-9-7-8-10(16)12(17-6)11(9)15-18-13(2,3)14(4,5)19-15/h7-8H,1-6H3. The lowest BCUT2D eigenvalue weighted by atomic mass is 9.75. The zero-order chi connectivity index (χ0) is 14.4. The molecule has 0 atom stereocenters. The van der Waals surface area contributed by atoms with Crippen LogP contribution in [0, 0.1) is 6.92 Å². The number of benzene rings is 1. The summed E-state index contributed by atoms with van der Waals surface area (Å²) in [5.41, 5.74) is 1.16. The van der Waals surface area contributed by atoms with Crippen LogP contribution in [0.3, 0.4) is 0 Å². The van der Waals surface area contributed by atoms with Gasteiger partial charge in [-0.15, -0.1) is 0 Å². The van der Waals surface area contributed by atoms with E-state index < -0.39 is 7.12 Å². The van der Waals surface area contributed by atoms with E-state index in [-0.39, 0.29) is 11.2 Å². The normalized spacial score (nSPS) is 20.7. The van der Waals surface area contributed by atoms with E-state index in [0.29, 0.717) is 10.8 Å². The molecule has 0 saturated carbocycles. The Kier molecular flexibility index (Phi) is 3.63. The van der Waals surface area contributed by atoms with Gasteiger partial charge < -0.3 is 14.0 Å². The summed E-state index contributed by atoms with van der Waals surface area (Å²) in [4.78, 5) is 0. The molecule has 1 heterocycles. The van der Waals surface area contributed by atoms with Crippen molar-refractivity contribution < 1.29 is 14.0 Å². The molecule has 0 spiro atoms. The van der Waals surface area contributed by atoms with Crippen LogP contribution in [0.25, 0.3) is 0 Å². The number of hydrogen-bond acceptors (Lipinski definition) is 3. The van der Waals surface area contributed by atoms with Gasteiger partial charge in [0.2, 0.25) is 0 Å². The number of ether oxygens (including phenoxy) is 1. The van der Waals surface area contributed by atoms with Gasteiger partial charge in [0.15, 0.2) is 0 Å². The second-order valence-electron chi connectivity index (χ2n) is 5.90. The van der Waals surface area contributed by atoms with Gasteiger partial charge in [-0.05, 0) is 46.2 Å². The third-order valence-corrected chi connectivity index (χ3v) is 4.36. The van der Waals surface area contributed by atoms with Crippen LogP contribution >= 0.6 is 11.6 Å². The lowest BCUT2D eigenvalue weighted by Gasteiger charge is -2.32. The zero-order valence-electron chi connectivity index (χ0n) is 12.3. The molecule has 0 aromatic heterocycles. The molecular formula is C14H20BClO3. The van der Waals surface area contributed by atoms with E-state index in [1.165, 1.54) is 0 Å². The molecule has 2 rings (SSSR count). The second kappa shape index (κ2) is 4.69. The van der Waals surface area contributed by atoms with Gasteiger partial charge in [0.25, 0.3) is 0 Å². The lowest BCUT2D eigenvalue weighted by Crippen LogP contribution is -2.41. The van der Waals surface area contributed by atoms with E-state index in [9.17, 15) is 0 Å². The fraction of sp³-hybridized carbons (Fsp3) is 0.571. The summed E-state index contributed by atoms with van der Waals surface area (Å²) in [6, 6.07) is 3.77. The SMILES string of the molecule is COc1c(Cl)ccc(C)c1B1OC(C)(C)C(C)(C)O1. The highest BCUT2D eigenvalue weighted by atomic mass is 35.5. The van der Waals surface area contributed by atoms with Gasteiger partial charge in [0.05, 0.1) is 23.3 Å². The summed E-state index contributed by atoms with van der Waals surface area (Å²) >= 11 is 6.19. The van der Waals surface area contributed by atoms with E-state index >= 15 is 0 Å². The molecule has 19 heavy (non-hydrogen) atoms. The lowest BCUT2D eigenvalue weighted by molar-refractivity contribution is 0.00578. The average Bonchev–Trinajstić information content (AvgIpc) is 2.50. The van der Waals surface area contributed by atoms with E-state index in [4.69, 9.17) is 25.6 Å². The van der Waals surface area contributed by atoms with Crippen LogP contribution in [-0.4, -0.2) is 25.4 Å². The first-order valence-corrected chi connectivity index (χ1v) is 6.76. The topological polar surface area (TPSA) is 27.7 Å². The van der Waals surface area contributed by atoms with E-state index in [1.807, 2.05) is 46.8 Å². The van der Waals surface area contributed by atoms with Crippen molar-refractivity contribution in [3.8, 4) is 5.75 Å². The van der Waals surface area contributed by atoms with Gasteiger partial charge >= 0.3 is 7.12 Å². The summed E-state index contributed by atoms with van der Waals surface area (Å²) in [6.07, 6.45) is 0. The van der Waals surface area contributed by atoms with E-state index in [0.717, 1.165) is 11.0 Å². The Morgan fingerprint density at radius 1 is 1.11 bits per heavy atom. The first-order valence-electron chi connectivity index (χ1n) is 6.38. The molecule has 1 aliphatic heterocycles. The average molecular weight is 283 g/mol. The van der Waals surface area contributed by atoms with Crippen molar-refractivity contribution in [2.24, 2.45) is 0 Å². The van der Waals surface area contributed by atoms with Crippen molar-refractivity contribution >= 4 is 24.2 Å². The summed E-state index contributed by atoms with van der Waals surface area (Å²) in [7, 11) is 1.15. The Balaban J connectivity index is 2.48. The van der Waals surface area contributed by atoms with Crippen molar-refractivity contribution in [3.05, 3.63) is 22.7 Å². The third kappa shape index (κ3) is 2.37. The summed E-state index contributed by atoms with van der Waals surface area (Å²) < 4.78 is 17.5. The highest BCUT2D eigenvalue weighted by Gasteiger charge is 2.53. The minimum absolute atomic E-state index is 0.378. The van der Waals surface area contributed by atoms with Crippen LogP contribution in [-0.2, 0) is 9.31 Å². The molecule has 0 radical (unpaired) electrons. The van der Waals surface area contributed by atoms with Crippen molar-refractivity contribution in [1.29, 1.82) is 0 Å². The van der Waals surface area contributed by atoms with Crippen LogP contribution < -0.4 is 10.2 Å². The molecule has 0 aliphatic carbocycles.